The van der Waals surface area contributed by atoms with Crippen LogP contribution in [0.2, 0.25) is 5.02 Å². The van der Waals surface area contributed by atoms with Gasteiger partial charge in [-0.05, 0) is 36.1 Å². The van der Waals surface area contributed by atoms with E-state index in [2.05, 4.69) is 0 Å². The van der Waals surface area contributed by atoms with Crippen LogP contribution in [0, 0.1) is 0 Å². The van der Waals surface area contributed by atoms with Crippen LogP contribution >= 0.6 is 11.6 Å². The van der Waals surface area contributed by atoms with Gasteiger partial charge in [0.05, 0.1) is 11.7 Å². The summed E-state index contributed by atoms with van der Waals surface area (Å²) in [5, 5.41) is 9.49. The zero-order valence-corrected chi connectivity index (χ0v) is 8.36. The zero-order chi connectivity index (χ0) is 11.2. The summed E-state index contributed by atoms with van der Waals surface area (Å²) in [5.74, 6) is 0. The van der Waals surface area contributed by atoms with E-state index in [4.69, 9.17) is 11.6 Å². The Morgan fingerprint density at radius 1 is 1.33 bits per heavy atom. The lowest BCUT2D eigenvalue weighted by molar-refractivity contribution is -0.138. The highest BCUT2D eigenvalue weighted by Crippen LogP contribution is 2.42. The molecular formula is C10H8ClF3O. The van der Waals surface area contributed by atoms with Gasteiger partial charge < -0.3 is 5.11 Å². The second-order valence-electron chi connectivity index (χ2n) is 3.57. The van der Waals surface area contributed by atoms with Gasteiger partial charge in [0.1, 0.15) is 0 Å². The van der Waals surface area contributed by atoms with Crippen LogP contribution in [-0.2, 0) is 12.6 Å². The Balaban J connectivity index is 2.62. The van der Waals surface area contributed by atoms with Gasteiger partial charge in [0, 0.05) is 5.02 Å². The topological polar surface area (TPSA) is 20.2 Å². The molecule has 1 N–H and O–H groups in total. The number of benzene rings is 1. The fraction of sp³-hybridized carbons (Fsp3) is 0.400. The average Bonchev–Trinajstić information content (AvgIpc) is 2.45. The number of aliphatic hydroxyl groups is 1. The van der Waals surface area contributed by atoms with Crippen LogP contribution in [-0.4, -0.2) is 5.11 Å². The molecule has 0 saturated carbocycles. The summed E-state index contributed by atoms with van der Waals surface area (Å²) in [7, 11) is 0. The van der Waals surface area contributed by atoms with Gasteiger partial charge in [-0.3, -0.25) is 0 Å². The van der Waals surface area contributed by atoms with Gasteiger partial charge >= 0.3 is 6.18 Å². The number of fused-ring (bicyclic) bond motifs is 1. The van der Waals surface area contributed by atoms with Gasteiger partial charge in [0.15, 0.2) is 0 Å². The van der Waals surface area contributed by atoms with Crippen molar-refractivity contribution in [3.8, 4) is 0 Å². The second-order valence-corrected chi connectivity index (χ2v) is 4.01. The standard InChI is InChI=1S/C10H8ClF3O/c11-5-3-7-6(1-2-9(7)15)8(4-5)10(12,13)14/h3-4,9,15H,1-2H2. The molecule has 0 bridgehead atoms. The quantitative estimate of drug-likeness (QED) is 0.733. The fourth-order valence-corrected chi connectivity index (χ4v) is 2.15. The molecule has 0 fully saturated rings. The molecule has 1 atom stereocenters. The van der Waals surface area contributed by atoms with E-state index >= 15 is 0 Å². The number of rotatable bonds is 0. The Kier molecular flexibility index (Phi) is 2.43. The normalized spacial score (nSPS) is 20.5. The summed E-state index contributed by atoms with van der Waals surface area (Å²) in [6, 6.07) is 2.32. The highest BCUT2D eigenvalue weighted by Gasteiger charge is 2.37. The van der Waals surface area contributed by atoms with Gasteiger partial charge in [-0.15, -0.1) is 0 Å². The Hall–Kier alpha value is -0.740. The Labute approximate surface area is 89.5 Å². The molecule has 2 rings (SSSR count). The van der Waals surface area contributed by atoms with Crippen molar-refractivity contribution in [1.29, 1.82) is 0 Å². The Morgan fingerprint density at radius 3 is 2.60 bits per heavy atom. The molecule has 0 aliphatic heterocycles. The van der Waals surface area contributed by atoms with Crippen molar-refractivity contribution in [3.63, 3.8) is 0 Å². The molecule has 1 nitrogen and oxygen atoms in total. The summed E-state index contributed by atoms with van der Waals surface area (Å²) in [4.78, 5) is 0. The van der Waals surface area contributed by atoms with Crippen LogP contribution < -0.4 is 0 Å². The van der Waals surface area contributed by atoms with Gasteiger partial charge in [-0.1, -0.05) is 11.6 Å². The van der Waals surface area contributed by atoms with Gasteiger partial charge in [-0.25, -0.2) is 0 Å². The minimum atomic E-state index is -4.40. The van der Waals surface area contributed by atoms with Crippen LogP contribution in [0.3, 0.4) is 0 Å². The minimum Gasteiger partial charge on any atom is -0.388 e. The maximum atomic E-state index is 12.6. The molecule has 5 heteroatoms. The lowest BCUT2D eigenvalue weighted by Crippen LogP contribution is -2.09. The van der Waals surface area contributed by atoms with E-state index in [9.17, 15) is 18.3 Å². The summed E-state index contributed by atoms with van der Waals surface area (Å²) >= 11 is 5.59. The van der Waals surface area contributed by atoms with E-state index < -0.39 is 17.8 Å². The molecule has 0 heterocycles. The molecule has 0 amide bonds. The van der Waals surface area contributed by atoms with E-state index in [1.54, 1.807) is 0 Å². The number of hydrogen-bond donors (Lipinski definition) is 1. The highest BCUT2D eigenvalue weighted by molar-refractivity contribution is 6.30. The first-order valence-electron chi connectivity index (χ1n) is 4.47. The van der Waals surface area contributed by atoms with Crippen molar-refractivity contribution >= 4 is 11.6 Å². The number of alkyl halides is 3. The number of hydrogen-bond acceptors (Lipinski definition) is 1. The van der Waals surface area contributed by atoms with Crippen molar-refractivity contribution in [2.24, 2.45) is 0 Å². The molecule has 0 saturated heterocycles. The lowest BCUT2D eigenvalue weighted by Gasteiger charge is -2.13. The Bertz CT molecular complexity index is 400. The summed E-state index contributed by atoms with van der Waals surface area (Å²) < 4.78 is 37.8. The van der Waals surface area contributed by atoms with Crippen LogP contribution in [0.5, 0.6) is 0 Å². The van der Waals surface area contributed by atoms with E-state index in [0.29, 0.717) is 12.0 Å². The fourth-order valence-electron chi connectivity index (χ4n) is 1.92. The molecule has 1 aromatic rings. The van der Waals surface area contributed by atoms with Gasteiger partial charge in [0.25, 0.3) is 0 Å². The van der Waals surface area contributed by atoms with Crippen LogP contribution in [0.15, 0.2) is 12.1 Å². The maximum absolute atomic E-state index is 12.6. The molecule has 1 aromatic carbocycles. The van der Waals surface area contributed by atoms with Crippen molar-refractivity contribution < 1.29 is 18.3 Å². The first kappa shape index (κ1) is 10.8. The number of halogens is 4. The predicted molar refractivity (Wildman–Crippen MR) is 49.7 cm³/mol. The first-order valence-corrected chi connectivity index (χ1v) is 4.85. The van der Waals surface area contributed by atoms with Crippen molar-refractivity contribution in [2.45, 2.75) is 25.1 Å². The van der Waals surface area contributed by atoms with E-state index in [1.807, 2.05) is 0 Å². The molecule has 1 aliphatic carbocycles. The average molecular weight is 237 g/mol. The summed E-state index contributed by atoms with van der Waals surface area (Å²) in [6.45, 7) is 0. The summed E-state index contributed by atoms with van der Waals surface area (Å²) in [5.41, 5.74) is -0.226. The molecule has 0 aromatic heterocycles. The predicted octanol–water partition coefficient (Wildman–Crippen LogP) is 3.34. The van der Waals surface area contributed by atoms with Crippen LogP contribution in [0.4, 0.5) is 13.2 Å². The first-order chi connectivity index (χ1) is 6.89. The molecular weight excluding hydrogens is 229 g/mol. The lowest BCUT2D eigenvalue weighted by atomic mass is 10.0. The third-order valence-electron chi connectivity index (χ3n) is 2.58. The van der Waals surface area contributed by atoms with Crippen molar-refractivity contribution in [3.05, 3.63) is 33.8 Å². The van der Waals surface area contributed by atoms with Gasteiger partial charge in [0.2, 0.25) is 0 Å². The Morgan fingerprint density at radius 2 is 2.00 bits per heavy atom. The van der Waals surface area contributed by atoms with Crippen molar-refractivity contribution in [1.82, 2.24) is 0 Å². The molecule has 0 radical (unpaired) electrons. The molecule has 82 valence electrons. The van der Waals surface area contributed by atoms with Crippen LogP contribution in [0.1, 0.15) is 29.2 Å². The second kappa shape index (κ2) is 3.39. The molecule has 1 unspecified atom stereocenters. The van der Waals surface area contributed by atoms with E-state index in [1.165, 1.54) is 6.07 Å². The molecule has 15 heavy (non-hydrogen) atoms. The summed E-state index contributed by atoms with van der Waals surface area (Å²) in [6.07, 6.45) is -4.64. The van der Waals surface area contributed by atoms with E-state index in [-0.39, 0.29) is 17.0 Å². The van der Waals surface area contributed by atoms with E-state index in [0.717, 1.165) is 6.07 Å². The third-order valence-corrected chi connectivity index (χ3v) is 2.80. The van der Waals surface area contributed by atoms with Gasteiger partial charge in [-0.2, -0.15) is 13.2 Å². The SMILES string of the molecule is OC1CCc2c1cc(Cl)cc2C(F)(F)F. The van der Waals surface area contributed by atoms with Crippen molar-refractivity contribution in [2.75, 3.05) is 0 Å². The monoisotopic (exact) mass is 236 g/mol. The highest BCUT2D eigenvalue weighted by atomic mass is 35.5. The van der Waals surface area contributed by atoms with Crippen LogP contribution in [0.25, 0.3) is 0 Å². The minimum absolute atomic E-state index is 0.0158. The zero-order valence-electron chi connectivity index (χ0n) is 7.61. The molecule has 1 aliphatic rings. The number of aliphatic hydroxyl groups excluding tert-OH is 1. The third kappa shape index (κ3) is 1.84. The molecule has 0 spiro atoms. The smallest absolute Gasteiger partial charge is 0.388 e. The maximum Gasteiger partial charge on any atom is 0.416 e. The largest absolute Gasteiger partial charge is 0.416 e.